The van der Waals surface area contributed by atoms with Crippen LogP contribution in [0.3, 0.4) is 0 Å². The summed E-state index contributed by atoms with van der Waals surface area (Å²) in [6, 6.07) is 29.6. The average molecular weight is 483 g/mol. The summed E-state index contributed by atoms with van der Waals surface area (Å²) in [6.07, 6.45) is 0.0938. The van der Waals surface area contributed by atoms with Gasteiger partial charge in [-0.2, -0.15) is 0 Å². The number of ether oxygens (including phenoxy) is 2. The van der Waals surface area contributed by atoms with Crippen molar-refractivity contribution in [3.63, 3.8) is 0 Å². The molecule has 7 heteroatoms. The Morgan fingerprint density at radius 2 is 1.42 bits per heavy atom. The van der Waals surface area contributed by atoms with Crippen molar-refractivity contribution in [1.82, 2.24) is 10.3 Å². The highest BCUT2D eigenvalue weighted by Crippen LogP contribution is 2.21. The van der Waals surface area contributed by atoms with E-state index in [0.29, 0.717) is 12.4 Å². The lowest BCUT2D eigenvalue weighted by Crippen LogP contribution is -2.45. The first-order valence-electron chi connectivity index (χ1n) is 11.5. The molecule has 1 atom stereocenters. The molecule has 0 aliphatic heterocycles. The molecule has 7 nitrogen and oxygen atoms in total. The molecular weight excluding hydrogens is 456 g/mol. The third kappa shape index (κ3) is 7.25. The van der Waals surface area contributed by atoms with Crippen LogP contribution < -0.4 is 15.6 Å². The highest BCUT2D eigenvalue weighted by molar-refractivity contribution is 5.97. The van der Waals surface area contributed by atoms with Crippen molar-refractivity contribution in [1.29, 1.82) is 0 Å². The van der Waals surface area contributed by atoms with Crippen molar-refractivity contribution < 1.29 is 19.1 Å². The maximum atomic E-state index is 13.2. The van der Waals surface area contributed by atoms with Gasteiger partial charge in [0.1, 0.15) is 23.2 Å². The molecule has 0 bridgehead atoms. The zero-order chi connectivity index (χ0) is 25.2. The number of hydrogen-bond acceptors (Lipinski definition) is 5. The predicted molar refractivity (Wildman–Crippen MR) is 136 cm³/mol. The lowest BCUT2D eigenvalue weighted by Gasteiger charge is -2.18. The van der Waals surface area contributed by atoms with E-state index in [1.807, 2.05) is 72.8 Å². The number of benzene rings is 3. The number of nitrogens with one attached hydrogen (secondary N) is 2. The van der Waals surface area contributed by atoms with E-state index in [0.717, 1.165) is 16.9 Å². The molecule has 0 saturated carbocycles. The summed E-state index contributed by atoms with van der Waals surface area (Å²) in [5.41, 5.74) is 1.40. The van der Waals surface area contributed by atoms with Gasteiger partial charge < -0.3 is 19.8 Å². The third-order valence-electron chi connectivity index (χ3n) is 5.38. The van der Waals surface area contributed by atoms with Gasteiger partial charge in [-0.25, -0.2) is 0 Å². The highest BCUT2D eigenvalue weighted by atomic mass is 16.5. The van der Waals surface area contributed by atoms with Gasteiger partial charge in [-0.1, -0.05) is 66.7 Å². The number of rotatable bonds is 11. The molecule has 0 aliphatic rings. The van der Waals surface area contributed by atoms with Crippen LogP contribution in [0.4, 0.5) is 0 Å². The molecule has 182 valence electrons. The first kappa shape index (κ1) is 24.6. The number of pyridine rings is 1. The van der Waals surface area contributed by atoms with Crippen LogP contribution in [0.15, 0.2) is 108 Å². The van der Waals surface area contributed by atoms with E-state index >= 15 is 0 Å². The van der Waals surface area contributed by atoms with Gasteiger partial charge in [0.05, 0.1) is 13.2 Å². The maximum absolute atomic E-state index is 13.2. The molecule has 1 heterocycles. The van der Waals surface area contributed by atoms with Gasteiger partial charge in [0.2, 0.25) is 5.56 Å². The molecular formula is C29H26N2O5. The number of amides is 1. The van der Waals surface area contributed by atoms with Gasteiger partial charge in [-0.05, 0) is 41.5 Å². The van der Waals surface area contributed by atoms with E-state index in [4.69, 9.17) is 9.47 Å². The lowest BCUT2D eigenvalue weighted by molar-refractivity contribution is -0.121. The van der Waals surface area contributed by atoms with Crippen LogP contribution in [0.25, 0.3) is 0 Å². The molecule has 1 unspecified atom stereocenters. The molecule has 4 aromatic rings. The minimum absolute atomic E-state index is 0.00820. The topological polar surface area (TPSA) is 97.5 Å². The SMILES string of the molecule is O=C(NC(COCc1ccccc1)C(=O)Cc1ccc(Oc2ccccc2)cc1)c1cccc(=O)[nH]1. The van der Waals surface area contributed by atoms with Crippen molar-refractivity contribution in [2.24, 2.45) is 0 Å². The Labute approximate surface area is 208 Å². The van der Waals surface area contributed by atoms with Gasteiger partial charge in [0.25, 0.3) is 5.91 Å². The second-order valence-corrected chi connectivity index (χ2v) is 8.16. The van der Waals surface area contributed by atoms with Crippen molar-refractivity contribution in [3.05, 3.63) is 130 Å². The first-order valence-corrected chi connectivity index (χ1v) is 11.5. The highest BCUT2D eigenvalue weighted by Gasteiger charge is 2.22. The summed E-state index contributed by atoms with van der Waals surface area (Å²) in [6.45, 7) is 0.292. The first-order chi connectivity index (χ1) is 17.6. The Balaban J connectivity index is 1.41. The van der Waals surface area contributed by atoms with Crippen LogP contribution in [0.2, 0.25) is 0 Å². The Morgan fingerprint density at radius 3 is 2.11 bits per heavy atom. The van der Waals surface area contributed by atoms with E-state index in [1.54, 1.807) is 12.1 Å². The van der Waals surface area contributed by atoms with Crippen LogP contribution in [0.5, 0.6) is 11.5 Å². The molecule has 0 saturated heterocycles. The molecule has 0 fully saturated rings. The van der Waals surface area contributed by atoms with Crippen molar-refractivity contribution >= 4 is 11.7 Å². The van der Waals surface area contributed by atoms with Gasteiger partial charge in [0.15, 0.2) is 5.78 Å². The van der Waals surface area contributed by atoms with E-state index in [-0.39, 0.29) is 24.5 Å². The van der Waals surface area contributed by atoms with E-state index in [9.17, 15) is 14.4 Å². The van der Waals surface area contributed by atoms with Gasteiger partial charge >= 0.3 is 0 Å². The van der Waals surface area contributed by atoms with Gasteiger partial charge in [0, 0.05) is 12.5 Å². The predicted octanol–water partition coefficient (Wildman–Crippen LogP) is 4.29. The third-order valence-corrected chi connectivity index (χ3v) is 5.38. The molecule has 0 radical (unpaired) electrons. The summed E-state index contributed by atoms with van der Waals surface area (Å²) < 4.78 is 11.6. The average Bonchev–Trinajstić information content (AvgIpc) is 2.90. The van der Waals surface area contributed by atoms with Crippen molar-refractivity contribution in [2.75, 3.05) is 6.61 Å². The number of H-pyrrole nitrogens is 1. The monoisotopic (exact) mass is 482 g/mol. The van der Waals surface area contributed by atoms with E-state index in [1.165, 1.54) is 18.2 Å². The molecule has 1 aromatic heterocycles. The number of aromatic nitrogens is 1. The largest absolute Gasteiger partial charge is 0.457 e. The Morgan fingerprint density at radius 1 is 0.750 bits per heavy atom. The molecule has 2 N–H and O–H groups in total. The number of Topliss-reactive ketones (excluding diaryl/α,β-unsaturated/α-hetero) is 1. The lowest BCUT2D eigenvalue weighted by atomic mass is 10.0. The molecule has 36 heavy (non-hydrogen) atoms. The second kappa shape index (κ2) is 12.3. The standard InChI is InChI=1S/C29H26N2O5/c32-27(18-21-14-16-24(17-15-21)36-23-10-5-2-6-11-23)26(20-35-19-22-8-3-1-4-9-22)31-29(34)25-12-7-13-28(33)30-25/h1-17,26H,18-20H2,(H,30,33)(H,31,34). The van der Waals surface area contributed by atoms with E-state index in [2.05, 4.69) is 10.3 Å². The number of carbonyl (C=O) groups is 2. The summed E-state index contributed by atoms with van der Waals surface area (Å²) >= 11 is 0. The van der Waals surface area contributed by atoms with Crippen molar-refractivity contribution in [2.45, 2.75) is 19.1 Å². The van der Waals surface area contributed by atoms with Gasteiger partial charge in [-0.15, -0.1) is 0 Å². The number of carbonyl (C=O) groups excluding carboxylic acids is 2. The number of hydrogen-bond donors (Lipinski definition) is 2. The Kier molecular flexibility index (Phi) is 8.40. The number of para-hydroxylation sites is 1. The van der Waals surface area contributed by atoms with Crippen molar-refractivity contribution in [3.8, 4) is 11.5 Å². The second-order valence-electron chi connectivity index (χ2n) is 8.16. The minimum Gasteiger partial charge on any atom is -0.457 e. The maximum Gasteiger partial charge on any atom is 0.268 e. The zero-order valence-corrected chi connectivity index (χ0v) is 19.6. The van der Waals surface area contributed by atoms with E-state index < -0.39 is 17.5 Å². The summed E-state index contributed by atoms with van der Waals surface area (Å²) in [7, 11) is 0. The van der Waals surface area contributed by atoms with Crippen LogP contribution >= 0.6 is 0 Å². The summed E-state index contributed by atoms with van der Waals surface area (Å²) in [5.74, 6) is 0.604. The number of ketones is 1. The van der Waals surface area contributed by atoms with Crippen LogP contribution in [-0.4, -0.2) is 29.3 Å². The fraction of sp³-hybridized carbons (Fsp3) is 0.138. The molecule has 0 aliphatic carbocycles. The summed E-state index contributed by atoms with van der Waals surface area (Å²) in [5, 5.41) is 2.70. The smallest absolute Gasteiger partial charge is 0.268 e. The fourth-order valence-electron chi connectivity index (χ4n) is 3.52. The normalized spacial score (nSPS) is 11.4. The zero-order valence-electron chi connectivity index (χ0n) is 19.6. The van der Waals surface area contributed by atoms with Crippen LogP contribution in [0.1, 0.15) is 21.6 Å². The molecule has 4 rings (SSSR count). The molecule has 3 aromatic carbocycles. The summed E-state index contributed by atoms with van der Waals surface area (Å²) in [4.78, 5) is 39.9. The van der Waals surface area contributed by atoms with Crippen LogP contribution in [0, 0.1) is 0 Å². The Bertz CT molecular complexity index is 1340. The fourth-order valence-corrected chi connectivity index (χ4v) is 3.52. The minimum atomic E-state index is -0.898. The van der Waals surface area contributed by atoms with Crippen LogP contribution in [-0.2, 0) is 22.6 Å². The number of aromatic amines is 1. The Hall–Kier alpha value is -4.49. The quantitative estimate of drug-likeness (QED) is 0.332. The molecule has 0 spiro atoms. The molecule has 1 amide bonds. The van der Waals surface area contributed by atoms with Gasteiger partial charge in [-0.3, -0.25) is 14.4 Å².